The topological polar surface area (TPSA) is 102 Å². The van der Waals surface area contributed by atoms with Crippen molar-refractivity contribution in [3.63, 3.8) is 0 Å². The summed E-state index contributed by atoms with van der Waals surface area (Å²) < 4.78 is 0. The van der Waals surface area contributed by atoms with E-state index >= 15 is 0 Å². The van der Waals surface area contributed by atoms with Crippen molar-refractivity contribution in [3.8, 4) is 6.07 Å². The van der Waals surface area contributed by atoms with Gasteiger partial charge in [0.05, 0.1) is 6.42 Å². The van der Waals surface area contributed by atoms with E-state index in [0.717, 1.165) is 16.8 Å². The van der Waals surface area contributed by atoms with E-state index in [1.165, 1.54) is 6.20 Å². The number of carboxylic acids is 1. The Labute approximate surface area is 123 Å². The highest BCUT2D eigenvalue weighted by Crippen LogP contribution is 2.19. The van der Waals surface area contributed by atoms with Gasteiger partial charge in [-0.15, -0.1) is 0 Å². The van der Waals surface area contributed by atoms with Crippen molar-refractivity contribution in [3.05, 3.63) is 41.1 Å². The molecule has 0 fully saturated rings. The number of anilines is 1. The Kier molecular flexibility index (Phi) is 5.96. The molecule has 0 aliphatic heterocycles. The zero-order valence-corrected chi connectivity index (χ0v) is 11.9. The van der Waals surface area contributed by atoms with Crippen molar-refractivity contribution in [1.29, 1.82) is 5.26 Å². The molecule has 1 aromatic rings. The summed E-state index contributed by atoms with van der Waals surface area (Å²) in [5, 5.41) is 22.8. The molecule has 21 heavy (non-hydrogen) atoms. The van der Waals surface area contributed by atoms with Gasteiger partial charge in [-0.25, -0.2) is 0 Å². The molecule has 110 valence electrons. The fourth-order valence-electron chi connectivity index (χ4n) is 1.71. The number of amides is 1. The zero-order chi connectivity index (χ0) is 15.8. The predicted octanol–water partition coefficient (Wildman–Crippen LogP) is 1.71. The van der Waals surface area contributed by atoms with E-state index in [1.807, 2.05) is 32.0 Å². The number of nitrogens with zero attached hydrogens (tertiary/aromatic N) is 1. The highest BCUT2D eigenvalue weighted by Gasteiger charge is 2.09. The van der Waals surface area contributed by atoms with Crippen molar-refractivity contribution in [1.82, 2.24) is 5.32 Å². The number of nitriles is 1. The van der Waals surface area contributed by atoms with Crippen LogP contribution in [0.5, 0.6) is 0 Å². The fourth-order valence-corrected chi connectivity index (χ4v) is 1.71. The minimum absolute atomic E-state index is 0.0173. The molecule has 0 aliphatic rings. The molecule has 0 spiro atoms. The number of carbonyl (C=O) groups is 2. The summed E-state index contributed by atoms with van der Waals surface area (Å²) >= 11 is 0. The largest absolute Gasteiger partial charge is 0.481 e. The fraction of sp³-hybridized carbons (Fsp3) is 0.267. The molecular formula is C15H17N3O3. The number of carbonyl (C=O) groups excluding carboxylic acids is 1. The van der Waals surface area contributed by atoms with E-state index in [1.54, 1.807) is 6.07 Å². The predicted molar refractivity (Wildman–Crippen MR) is 78.5 cm³/mol. The van der Waals surface area contributed by atoms with E-state index < -0.39 is 11.9 Å². The maximum atomic E-state index is 11.7. The van der Waals surface area contributed by atoms with Crippen LogP contribution in [0.1, 0.15) is 17.5 Å². The summed E-state index contributed by atoms with van der Waals surface area (Å²) in [6, 6.07) is 7.55. The monoisotopic (exact) mass is 287 g/mol. The van der Waals surface area contributed by atoms with Crippen LogP contribution in [0.4, 0.5) is 5.69 Å². The first-order valence-corrected chi connectivity index (χ1v) is 6.38. The second-order valence-electron chi connectivity index (χ2n) is 4.48. The van der Waals surface area contributed by atoms with Gasteiger partial charge in [0.25, 0.3) is 5.91 Å². The van der Waals surface area contributed by atoms with Crippen molar-refractivity contribution >= 4 is 17.6 Å². The van der Waals surface area contributed by atoms with Crippen molar-refractivity contribution in [2.24, 2.45) is 0 Å². The number of aliphatic carboxylic acids is 1. The van der Waals surface area contributed by atoms with Crippen LogP contribution in [-0.2, 0) is 9.59 Å². The van der Waals surface area contributed by atoms with Crippen LogP contribution in [0, 0.1) is 25.2 Å². The number of hydrogen-bond donors (Lipinski definition) is 3. The third kappa shape index (κ3) is 4.99. The number of aryl methyl sites for hydroxylation is 2. The van der Waals surface area contributed by atoms with Crippen LogP contribution in [0.25, 0.3) is 0 Å². The van der Waals surface area contributed by atoms with E-state index in [4.69, 9.17) is 10.4 Å². The van der Waals surface area contributed by atoms with Crippen LogP contribution < -0.4 is 10.6 Å². The summed E-state index contributed by atoms with van der Waals surface area (Å²) in [6.45, 7) is 3.82. The molecule has 0 radical (unpaired) electrons. The molecule has 0 bridgehead atoms. The highest BCUT2D eigenvalue weighted by molar-refractivity contribution is 5.97. The van der Waals surface area contributed by atoms with Gasteiger partial charge in [0.1, 0.15) is 11.6 Å². The lowest BCUT2D eigenvalue weighted by Crippen LogP contribution is -2.27. The van der Waals surface area contributed by atoms with Crippen molar-refractivity contribution < 1.29 is 14.7 Å². The standard InChI is InChI=1S/C15H17N3O3/c1-10-4-3-5-11(2)14(10)18-9-12(8-16)15(21)17-7-6-13(19)20/h3-5,9,18H,6-7H2,1-2H3,(H,17,21)(H,19,20)/b12-9-. The lowest BCUT2D eigenvalue weighted by Gasteiger charge is -2.09. The maximum absolute atomic E-state index is 11.7. The third-order valence-electron chi connectivity index (χ3n) is 2.83. The van der Waals surface area contributed by atoms with Gasteiger partial charge >= 0.3 is 5.97 Å². The number of rotatable bonds is 6. The van der Waals surface area contributed by atoms with Gasteiger partial charge in [-0.3, -0.25) is 9.59 Å². The Morgan fingerprint density at radius 3 is 2.48 bits per heavy atom. The Bertz CT molecular complexity index is 595. The molecule has 1 aromatic carbocycles. The summed E-state index contributed by atoms with van der Waals surface area (Å²) in [5.41, 5.74) is 2.72. The van der Waals surface area contributed by atoms with Gasteiger partial charge in [-0.05, 0) is 25.0 Å². The van der Waals surface area contributed by atoms with Gasteiger partial charge in [0.15, 0.2) is 0 Å². The number of benzene rings is 1. The normalized spacial score (nSPS) is 10.6. The molecule has 0 heterocycles. The van der Waals surface area contributed by atoms with Crippen molar-refractivity contribution in [2.75, 3.05) is 11.9 Å². The minimum Gasteiger partial charge on any atom is -0.481 e. The van der Waals surface area contributed by atoms with Gasteiger partial charge < -0.3 is 15.7 Å². The van der Waals surface area contributed by atoms with E-state index in [0.29, 0.717) is 0 Å². The molecule has 1 amide bonds. The summed E-state index contributed by atoms with van der Waals surface area (Å²) in [5.74, 6) is -1.61. The molecule has 0 atom stereocenters. The molecule has 3 N–H and O–H groups in total. The SMILES string of the molecule is Cc1cccc(C)c1N/C=C(/C#N)C(=O)NCCC(=O)O. The minimum atomic E-state index is -1.01. The molecule has 0 aliphatic carbocycles. The smallest absolute Gasteiger partial charge is 0.305 e. The number of para-hydroxylation sites is 1. The van der Waals surface area contributed by atoms with Crippen molar-refractivity contribution in [2.45, 2.75) is 20.3 Å². The Morgan fingerprint density at radius 1 is 1.33 bits per heavy atom. The Hall–Kier alpha value is -2.81. The van der Waals surface area contributed by atoms with Gasteiger partial charge in [0.2, 0.25) is 0 Å². The van der Waals surface area contributed by atoms with Crippen LogP contribution in [0.2, 0.25) is 0 Å². The summed E-state index contributed by atoms with van der Waals surface area (Å²) in [7, 11) is 0. The molecule has 6 heteroatoms. The summed E-state index contributed by atoms with van der Waals surface area (Å²) in [6.07, 6.45) is 1.14. The third-order valence-corrected chi connectivity index (χ3v) is 2.83. The quantitative estimate of drug-likeness (QED) is 0.546. The van der Waals surface area contributed by atoms with E-state index in [9.17, 15) is 9.59 Å². The van der Waals surface area contributed by atoms with E-state index in [-0.39, 0.29) is 18.5 Å². The first-order chi connectivity index (χ1) is 9.95. The van der Waals surface area contributed by atoms with Crippen LogP contribution in [0.15, 0.2) is 30.0 Å². The molecule has 0 unspecified atom stereocenters. The van der Waals surface area contributed by atoms with Gasteiger partial charge in [-0.1, -0.05) is 18.2 Å². The zero-order valence-electron chi connectivity index (χ0n) is 11.9. The van der Waals surface area contributed by atoms with Crippen LogP contribution >= 0.6 is 0 Å². The Balaban J connectivity index is 2.74. The Morgan fingerprint density at radius 2 is 1.95 bits per heavy atom. The average Bonchev–Trinajstić information content (AvgIpc) is 2.41. The molecule has 6 nitrogen and oxygen atoms in total. The van der Waals surface area contributed by atoms with Crippen LogP contribution in [-0.4, -0.2) is 23.5 Å². The lowest BCUT2D eigenvalue weighted by atomic mass is 10.1. The second-order valence-corrected chi connectivity index (χ2v) is 4.48. The second kappa shape index (κ2) is 7.70. The van der Waals surface area contributed by atoms with Gasteiger partial charge in [-0.2, -0.15) is 5.26 Å². The van der Waals surface area contributed by atoms with Crippen LogP contribution in [0.3, 0.4) is 0 Å². The first-order valence-electron chi connectivity index (χ1n) is 6.38. The number of carboxylic acid groups (broad SMARTS) is 1. The molecule has 0 aromatic heterocycles. The molecule has 1 rings (SSSR count). The molecular weight excluding hydrogens is 270 g/mol. The average molecular weight is 287 g/mol. The van der Waals surface area contributed by atoms with E-state index in [2.05, 4.69) is 10.6 Å². The lowest BCUT2D eigenvalue weighted by molar-refractivity contribution is -0.136. The maximum Gasteiger partial charge on any atom is 0.305 e. The first kappa shape index (κ1) is 16.2. The number of hydrogen-bond acceptors (Lipinski definition) is 4. The molecule has 0 saturated heterocycles. The van der Waals surface area contributed by atoms with Gasteiger partial charge in [0, 0.05) is 18.4 Å². The number of nitrogens with one attached hydrogen (secondary N) is 2. The molecule has 0 saturated carbocycles. The highest BCUT2D eigenvalue weighted by atomic mass is 16.4. The summed E-state index contributed by atoms with van der Waals surface area (Å²) in [4.78, 5) is 22.1.